The number of aryl methyl sites for hydroxylation is 1. The van der Waals surface area contributed by atoms with E-state index in [1.165, 1.54) is 0 Å². The Labute approximate surface area is 122 Å². The molecule has 18 heavy (non-hydrogen) atoms. The minimum Gasteiger partial charge on any atom is -0.375 e. The fourth-order valence-corrected chi connectivity index (χ4v) is 2.74. The first-order chi connectivity index (χ1) is 8.50. The van der Waals surface area contributed by atoms with E-state index in [-0.39, 0.29) is 18.1 Å². The molecule has 3 nitrogen and oxygen atoms in total. The van der Waals surface area contributed by atoms with E-state index in [0.29, 0.717) is 13.2 Å². The molecular weight excluding hydrogens is 341 g/mol. The van der Waals surface area contributed by atoms with Gasteiger partial charge in [-0.05, 0) is 55.0 Å². The van der Waals surface area contributed by atoms with Crippen molar-refractivity contribution in [2.24, 2.45) is 0 Å². The van der Waals surface area contributed by atoms with E-state index in [0.717, 1.165) is 14.7 Å². The lowest BCUT2D eigenvalue weighted by Gasteiger charge is -2.37. The summed E-state index contributed by atoms with van der Waals surface area (Å²) in [6.07, 6.45) is 0.118. The minimum atomic E-state index is 0.116. The number of carbonyl (C=O) groups is 1. The molecule has 1 aromatic carbocycles. The molecule has 2 unspecified atom stereocenters. The van der Waals surface area contributed by atoms with Gasteiger partial charge in [0.2, 0.25) is 0 Å². The lowest BCUT2D eigenvalue weighted by Crippen LogP contribution is -2.50. The quantitative estimate of drug-likeness (QED) is 0.722. The number of benzene rings is 1. The van der Waals surface area contributed by atoms with Gasteiger partial charge in [-0.1, -0.05) is 12.1 Å². The zero-order valence-electron chi connectivity index (χ0n) is 10.9. The van der Waals surface area contributed by atoms with Crippen molar-refractivity contribution in [1.29, 1.82) is 0 Å². The maximum absolute atomic E-state index is 12.6. The molecule has 2 atom stereocenters. The molecule has 2 rings (SSSR count). The van der Waals surface area contributed by atoms with E-state index in [1.54, 1.807) is 0 Å². The second kappa shape index (κ2) is 5.57. The highest BCUT2D eigenvalue weighted by Gasteiger charge is 2.29. The van der Waals surface area contributed by atoms with E-state index in [4.69, 9.17) is 4.74 Å². The van der Waals surface area contributed by atoms with Gasteiger partial charge in [-0.25, -0.2) is 0 Å². The van der Waals surface area contributed by atoms with Crippen LogP contribution in [-0.4, -0.2) is 36.1 Å². The van der Waals surface area contributed by atoms with Crippen LogP contribution in [0.3, 0.4) is 0 Å². The van der Waals surface area contributed by atoms with E-state index in [2.05, 4.69) is 22.6 Å². The highest BCUT2D eigenvalue weighted by molar-refractivity contribution is 14.1. The Morgan fingerprint density at radius 1 is 1.44 bits per heavy atom. The lowest BCUT2D eigenvalue weighted by molar-refractivity contribution is -0.0387. The number of amides is 1. The van der Waals surface area contributed by atoms with Gasteiger partial charge < -0.3 is 9.64 Å². The van der Waals surface area contributed by atoms with Crippen LogP contribution >= 0.6 is 22.6 Å². The van der Waals surface area contributed by atoms with Crippen LogP contribution in [0.2, 0.25) is 0 Å². The molecule has 0 spiro atoms. The molecule has 0 radical (unpaired) electrons. The number of hydrogen-bond donors (Lipinski definition) is 0. The van der Waals surface area contributed by atoms with Gasteiger partial charge in [-0.15, -0.1) is 0 Å². The van der Waals surface area contributed by atoms with Crippen molar-refractivity contribution >= 4 is 28.5 Å². The van der Waals surface area contributed by atoms with Crippen molar-refractivity contribution < 1.29 is 9.53 Å². The molecule has 0 aliphatic carbocycles. The molecule has 0 aromatic heterocycles. The molecule has 1 aromatic rings. The Kier molecular flexibility index (Phi) is 4.27. The summed E-state index contributed by atoms with van der Waals surface area (Å²) >= 11 is 2.25. The van der Waals surface area contributed by atoms with Gasteiger partial charge >= 0.3 is 0 Å². The Balaban J connectivity index is 2.27. The van der Waals surface area contributed by atoms with Crippen LogP contribution in [0.25, 0.3) is 0 Å². The molecule has 1 heterocycles. The topological polar surface area (TPSA) is 29.5 Å². The molecule has 0 N–H and O–H groups in total. The summed E-state index contributed by atoms with van der Waals surface area (Å²) in [6, 6.07) is 6.03. The zero-order chi connectivity index (χ0) is 13.3. The van der Waals surface area contributed by atoms with Crippen molar-refractivity contribution in [2.75, 3.05) is 13.2 Å². The van der Waals surface area contributed by atoms with Gasteiger partial charge in [0.1, 0.15) is 0 Å². The third-order valence-electron chi connectivity index (χ3n) is 3.29. The molecule has 1 saturated heterocycles. The molecule has 1 amide bonds. The van der Waals surface area contributed by atoms with E-state index in [1.807, 2.05) is 43.9 Å². The van der Waals surface area contributed by atoms with Gasteiger partial charge in [0.15, 0.2) is 0 Å². The number of hydrogen-bond acceptors (Lipinski definition) is 2. The van der Waals surface area contributed by atoms with Crippen molar-refractivity contribution in [2.45, 2.75) is 32.9 Å². The molecule has 0 saturated carbocycles. The summed E-state index contributed by atoms with van der Waals surface area (Å²) in [7, 11) is 0. The second-order valence-electron chi connectivity index (χ2n) is 4.89. The van der Waals surface area contributed by atoms with Crippen LogP contribution in [0.5, 0.6) is 0 Å². The van der Waals surface area contributed by atoms with Crippen molar-refractivity contribution in [3.63, 3.8) is 0 Å². The monoisotopic (exact) mass is 359 g/mol. The summed E-state index contributed by atoms with van der Waals surface area (Å²) in [5, 5.41) is 0. The highest BCUT2D eigenvalue weighted by atomic mass is 127. The van der Waals surface area contributed by atoms with Gasteiger partial charge in [0.25, 0.3) is 5.91 Å². The summed E-state index contributed by atoms with van der Waals surface area (Å²) in [5.74, 6) is 0.116. The van der Waals surface area contributed by atoms with Crippen LogP contribution in [0, 0.1) is 10.5 Å². The predicted molar refractivity (Wildman–Crippen MR) is 79.8 cm³/mol. The molecule has 98 valence electrons. The number of nitrogens with zero attached hydrogens (tertiary/aromatic N) is 1. The van der Waals surface area contributed by atoms with Gasteiger partial charge in [0, 0.05) is 10.1 Å². The maximum atomic E-state index is 12.6. The largest absolute Gasteiger partial charge is 0.375 e. The Morgan fingerprint density at radius 3 is 2.89 bits per heavy atom. The van der Waals surface area contributed by atoms with Crippen LogP contribution in [0.4, 0.5) is 0 Å². The summed E-state index contributed by atoms with van der Waals surface area (Å²) in [6.45, 7) is 7.36. The fraction of sp³-hybridized carbons (Fsp3) is 0.500. The van der Waals surface area contributed by atoms with Crippen LogP contribution in [0.15, 0.2) is 18.2 Å². The standard InChI is InChI=1S/C14H18INO2/c1-9-5-4-6-12(13(9)15)14(17)16-7-11(3)18-8-10(16)2/h4-6,10-11H,7-8H2,1-3H3. The van der Waals surface area contributed by atoms with Gasteiger partial charge in [0.05, 0.1) is 24.3 Å². The normalized spacial score (nSPS) is 24.1. The van der Waals surface area contributed by atoms with Gasteiger partial charge in [-0.3, -0.25) is 4.79 Å². The van der Waals surface area contributed by atoms with Crippen LogP contribution in [0.1, 0.15) is 29.8 Å². The number of carbonyl (C=O) groups excluding carboxylic acids is 1. The molecule has 1 fully saturated rings. The third-order valence-corrected chi connectivity index (χ3v) is 4.72. The van der Waals surface area contributed by atoms with E-state index in [9.17, 15) is 4.79 Å². The first-order valence-electron chi connectivity index (χ1n) is 6.18. The third kappa shape index (κ3) is 2.69. The average Bonchev–Trinajstić information content (AvgIpc) is 2.35. The van der Waals surface area contributed by atoms with E-state index >= 15 is 0 Å². The van der Waals surface area contributed by atoms with Crippen molar-refractivity contribution in [1.82, 2.24) is 4.90 Å². The van der Waals surface area contributed by atoms with Crippen LogP contribution < -0.4 is 0 Å². The molecule has 1 aliphatic rings. The van der Waals surface area contributed by atoms with Gasteiger partial charge in [-0.2, -0.15) is 0 Å². The average molecular weight is 359 g/mol. The van der Waals surface area contributed by atoms with Crippen molar-refractivity contribution in [3.8, 4) is 0 Å². The van der Waals surface area contributed by atoms with Crippen molar-refractivity contribution in [3.05, 3.63) is 32.9 Å². The Bertz CT molecular complexity index is 461. The number of rotatable bonds is 1. The molecule has 4 heteroatoms. The Morgan fingerprint density at radius 2 is 2.17 bits per heavy atom. The minimum absolute atomic E-state index is 0.116. The highest BCUT2D eigenvalue weighted by Crippen LogP contribution is 2.21. The lowest BCUT2D eigenvalue weighted by atomic mass is 10.1. The molecule has 0 bridgehead atoms. The maximum Gasteiger partial charge on any atom is 0.255 e. The second-order valence-corrected chi connectivity index (χ2v) is 5.97. The zero-order valence-corrected chi connectivity index (χ0v) is 13.1. The number of halogens is 1. The first kappa shape index (κ1) is 13.8. The predicted octanol–water partition coefficient (Wildman–Crippen LogP) is 2.85. The Hall–Kier alpha value is -0.620. The molecular formula is C14H18INO2. The SMILES string of the molecule is Cc1cccc(C(=O)N2CC(C)OCC2C)c1I. The van der Waals surface area contributed by atoms with E-state index < -0.39 is 0 Å². The summed E-state index contributed by atoms with van der Waals surface area (Å²) in [5.41, 5.74) is 1.95. The summed E-state index contributed by atoms with van der Waals surface area (Å²) in [4.78, 5) is 14.5. The number of ether oxygens (including phenoxy) is 1. The summed E-state index contributed by atoms with van der Waals surface area (Å²) < 4.78 is 6.61. The van der Waals surface area contributed by atoms with Crippen LogP contribution in [-0.2, 0) is 4.74 Å². The molecule has 1 aliphatic heterocycles. The smallest absolute Gasteiger partial charge is 0.255 e. The fourth-order valence-electron chi connectivity index (χ4n) is 2.15. The number of morpholine rings is 1. The first-order valence-corrected chi connectivity index (χ1v) is 7.26.